The van der Waals surface area contributed by atoms with Crippen LogP contribution in [-0.4, -0.2) is 29.0 Å². The van der Waals surface area contributed by atoms with Crippen molar-refractivity contribution >= 4 is 21.9 Å². The molecule has 1 aromatic heterocycles. The number of esters is 1. The van der Waals surface area contributed by atoms with Gasteiger partial charge in [0.25, 0.3) is 5.56 Å². The fraction of sp³-hybridized carbons (Fsp3) is 0.353. The third-order valence-electron chi connectivity index (χ3n) is 3.20. The van der Waals surface area contributed by atoms with Gasteiger partial charge in [0.05, 0.1) is 0 Å². The minimum absolute atomic E-state index is 0.102. The summed E-state index contributed by atoms with van der Waals surface area (Å²) >= 11 is 3.34. The number of aryl methyl sites for hydroxylation is 1. The summed E-state index contributed by atoms with van der Waals surface area (Å²) in [5, 5.41) is 4.04. The Hall–Kier alpha value is -2.15. The highest BCUT2D eigenvalue weighted by molar-refractivity contribution is 9.10. The van der Waals surface area contributed by atoms with Gasteiger partial charge in [-0.05, 0) is 36.8 Å². The molecule has 0 aliphatic heterocycles. The maximum atomic E-state index is 12.0. The van der Waals surface area contributed by atoms with E-state index in [1.807, 2.05) is 31.2 Å². The number of nitrogens with zero attached hydrogens (tertiary/aromatic N) is 2. The Kier molecular flexibility index (Phi) is 6.99. The SMILES string of the molecule is CCCCn1nc(C(=O)OCCOc2ccc(Br)cc2)ccc1=O. The van der Waals surface area contributed by atoms with Gasteiger partial charge in [-0.25, -0.2) is 9.48 Å². The van der Waals surface area contributed by atoms with E-state index in [-0.39, 0.29) is 24.5 Å². The van der Waals surface area contributed by atoms with Crippen LogP contribution in [0.5, 0.6) is 5.75 Å². The summed E-state index contributed by atoms with van der Waals surface area (Å²) in [4.78, 5) is 23.6. The Morgan fingerprint density at radius 2 is 1.92 bits per heavy atom. The predicted molar refractivity (Wildman–Crippen MR) is 93.3 cm³/mol. The summed E-state index contributed by atoms with van der Waals surface area (Å²) in [5.74, 6) is 0.125. The quantitative estimate of drug-likeness (QED) is 0.508. The number of carbonyl (C=O) groups is 1. The molecule has 0 unspecified atom stereocenters. The molecule has 0 saturated heterocycles. The Bertz CT molecular complexity index is 728. The number of halogens is 1. The highest BCUT2D eigenvalue weighted by Gasteiger charge is 2.11. The first-order valence-corrected chi connectivity index (χ1v) is 8.53. The van der Waals surface area contributed by atoms with Crippen LogP contribution in [0.3, 0.4) is 0 Å². The van der Waals surface area contributed by atoms with Gasteiger partial charge in [-0.3, -0.25) is 4.79 Å². The summed E-state index contributed by atoms with van der Waals surface area (Å²) in [6.07, 6.45) is 1.77. The zero-order valence-electron chi connectivity index (χ0n) is 13.4. The van der Waals surface area contributed by atoms with Crippen molar-refractivity contribution in [1.82, 2.24) is 9.78 Å². The normalized spacial score (nSPS) is 10.4. The molecule has 1 aromatic carbocycles. The molecular formula is C17H19BrN2O4. The van der Waals surface area contributed by atoms with E-state index in [4.69, 9.17) is 9.47 Å². The van der Waals surface area contributed by atoms with E-state index in [9.17, 15) is 9.59 Å². The van der Waals surface area contributed by atoms with Crippen molar-refractivity contribution in [3.05, 3.63) is 56.9 Å². The zero-order chi connectivity index (χ0) is 17.4. The van der Waals surface area contributed by atoms with Crippen molar-refractivity contribution in [2.45, 2.75) is 26.3 Å². The Balaban J connectivity index is 1.83. The van der Waals surface area contributed by atoms with Crippen molar-refractivity contribution < 1.29 is 14.3 Å². The summed E-state index contributed by atoms with van der Waals surface area (Å²) in [7, 11) is 0. The number of unbranched alkanes of at least 4 members (excludes halogenated alkanes) is 1. The van der Waals surface area contributed by atoms with Crippen LogP contribution in [-0.2, 0) is 11.3 Å². The van der Waals surface area contributed by atoms with Crippen LogP contribution in [0.15, 0.2) is 45.7 Å². The van der Waals surface area contributed by atoms with Crippen molar-refractivity contribution in [2.75, 3.05) is 13.2 Å². The van der Waals surface area contributed by atoms with Crippen molar-refractivity contribution in [3.8, 4) is 5.75 Å². The topological polar surface area (TPSA) is 70.4 Å². The number of carbonyl (C=O) groups excluding carboxylic acids is 1. The minimum atomic E-state index is -0.570. The van der Waals surface area contributed by atoms with Gasteiger partial charge in [-0.2, -0.15) is 5.10 Å². The maximum Gasteiger partial charge on any atom is 0.358 e. The lowest BCUT2D eigenvalue weighted by atomic mass is 10.3. The van der Waals surface area contributed by atoms with Crippen LogP contribution in [0.1, 0.15) is 30.3 Å². The fourth-order valence-corrected chi connectivity index (χ4v) is 2.19. The molecule has 0 atom stereocenters. The molecule has 128 valence electrons. The lowest BCUT2D eigenvalue weighted by molar-refractivity contribution is 0.0440. The number of hydrogen-bond donors (Lipinski definition) is 0. The molecule has 2 aromatic rings. The summed E-state index contributed by atoms with van der Waals surface area (Å²) in [6.45, 7) is 2.85. The van der Waals surface area contributed by atoms with Gasteiger partial charge in [0.1, 0.15) is 19.0 Å². The van der Waals surface area contributed by atoms with E-state index < -0.39 is 5.97 Å². The minimum Gasteiger partial charge on any atom is -0.490 e. The van der Waals surface area contributed by atoms with Crippen molar-refractivity contribution in [1.29, 1.82) is 0 Å². The highest BCUT2D eigenvalue weighted by Crippen LogP contribution is 2.15. The third-order valence-corrected chi connectivity index (χ3v) is 3.73. The monoisotopic (exact) mass is 394 g/mol. The molecule has 0 radical (unpaired) electrons. The molecule has 0 aliphatic carbocycles. The molecule has 0 N–H and O–H groups in total. The smallest absolute Gasteiger partial charge is 0.358 e. The maximum absolute atomic E-state index is 12.0. The Labute approximate surface area is 148 Å². The Morgan fingerprint density at radius 1 is 1.17 bits per heavy atom. The van der Waals surface area contributed by atoms with E-state index >= 15 is 0 Å². The third kappa shape index (κ3) is 5.49. The van der Waals surface area contributed by atoms with Gasteiger partial charge in [0, 0.05) is 17.1 Å². The summed E-state index contributed by atoms with van der Waals surface area (Å²) in [5.41, 5.74) is -0.104. The van der Waals surface area contributed by atoms with E-state index in [1.54, 1.807) is 0 Å². The zero-order valence-corrected chi connectivity index (χ0v) is 15.0. The summed E-state index contributed by atoms with van der Waals surface area (Å²) in [6, 6.07) is 10.1. The van der Waals surface area contributed by atoms with Gasteiger partial charge in [0.2, 0.25) is 0 Å². The van der Waals surface area contributed by atoms with Crippen molar-refractivity contribution in [2.24, 2.45) is 0 Å². The van der Waals surface area contributed by atoms with Gasteiger partial charge in [0.15, 0.2) is 5.69 Å². The number of rotatable bonds is 8. The molecule has 0 spiro atoms. The van der Waals surface area contributed by atoms with E-state index in [1.165, 1.54) is 16.8 Å². The fourth-order valence-electron chi connectivity index (χ4n) is 1.92. The second-order valence-corrected chi connectivity index (χ2v) is 5.99. The van der Waals surface area contributed by atoms with Gasteiger partial charge in [-0.1, -0.05) is 29.3 Å². The van der Waals surface area contributed by atoms with Crippen LogP contribution in [0, 0.1) is 0 Å². The molecule has 24 heavy (non-hydrogen) atoms. The van der Waals surface area contributed by atoms with E-state index in [0.29, 0.717) is 12.3 Å². The standard InChI is InChI=1S/C17H19BrN2O4/c1-2-3-10-20-16(21)9-8-15(19-20)17(22)24-12-11-23-14-6-4-13(18)5-7-14/h4-9H,2-3,10-12H2,1H3. The summed E-state index contributed by atoms with van der Waals surface area (Å²) < 4.78 is 12.8. The van der Waals surface area contributed by atoms with E-state index in [0.717, 1.165) is 17.3 Å². The van der Waals surface area contributed by atoms with Crippen LogP contribution in [0.2, 0.25) is 0 Å². The van der Waals surface area contributed by atoms with Gasteiger partial charge >= 0.3 is 5.97 Å². The van der Waals surface area contributed by atoms with Gasteiger partial charge in [-0.15, -0.1) is 0 Å². The number of hydrogen-bond acceptors (Lipinski definition) is 5. The second-order valence-electron chi connectivity index (χ2n) is 5.07. The first-order chi connectivity index (χ1) is 11.6. The first-order valence-electron chi connectivity index (χ1n) is 7.74. The number of benzene rings is 1. The molecule has 0 aliphatic rings. The van der Waals surface area contributed by atoms with Crippen molar-refractivity contribution in [3.63, 3.8) is 0 Å². The van der Waals surface area contributed by atoms with Gasteiger partial charge < -0.3 is 9.47 Å². The van der Waals surface area contributed by atoms with Crippen LogP contribution in [0.25, 0.3) is 0 Å². The molecular weight excluding hydrogens is 376 g/mol. The largest absolute Gasteiger partial charge is 0.490 e. The molecule has 6 nitrogen and oxygen atoms in total. The average Bonchev–Trinajstić information content (AvgIpc) is 2.59. The number of ether oxygens (including phenoxy) is 2. The molecule has 0 bridgehead atoms. The highest BCUT2D eigenvalue weighted by atomic mass is 79.9. The van der Waals surface area contributed by atoms with Crippen LogP contribution < -0.4 is 10.3 Å². The predicted octanol–water partition coefficient (Wildman–Crippen LogP) is 3.04. The molecule has 2 rings (SSSR count). The lowest BCUT2D eigenvalue weighted by Gasteiger charge is -2.08. The second kappa shape index (κ2) is 9.22. The molecule has 0 fully saturated rings. The van der Waals surface area contributed by atoms with Crippen LogP contribution in [0.4, 0.5) is 0 Å². The van der Waals surface area contributed by atoms with Crippen LogP contribution >= 0.6 is 15.9 Å². The molecule has 0 saturated carbocycles. The first kappa shape index (κ1) is 18.2. The molecule has 0 amide bonds. The van der Waals surface area contributed by atoms with E-state index in [2.05, 4.69) is 21.0 Å². The molecule has 1 heterocycles. The molecule has 7 heteroatoms. The Morgan fingerprint density at radius 3 is 2.62 bits per heavy atom. The average molecular weight is 395 g/mol. The lowest BCUT2D eigenvalue weighted by Crippen LogP contribution is -2.25. The number of aromatic nitrogens is 2.